The minimum Gasteiger partial charge on any atom is -0.503 e. The molecule has 8 heteroatoms. The van der Waals surface area contributed by atoms with Gasteiger partial charge in [-0.3, -0.25) is 4.79 Å². The van der Waals surface area contributed by atoms with Crippen LogP contribution in [0.4, 0.5) is 0 Å². The monoisotopic (exact) mass is 440 g/mol. The van der Waals surface area contributed by atoms with Crippen LogP contribution >= 0.6 is 39.1 Å². The molecule has 2 aromatic carbocycles. The molecule has 0 fully saturated rings. The molecular formula is C17H11BrCl2N2O3. The molecule has 5 nitrogen and oxygen atoms in total. The van der Waals surface area contributed by atoms with Crippen molar-refractivity contribution in [2.24, 2.45) is 0 Å². The van der Waals surface area contributed by atoms with Crippen LogP contribution < -0.4 is 10.3 Å². The number of aromatic amines is 1. The Morgan fingerprint density at radius 3 is 2.84 bits per heavy atom. The molecule has 0 spiro atoms. The number of halogens is 3. The molecule has 1 aromatic heterocycles. The topological polar surface area (TPSA) is 75.2 Å². The Bertz CT molecular complexity index is 1060. The Balaban J connectivity index is 2.10. The van der Waals surface area contributed by atoms with Gasteiger partial charge in [0.2, 0.25) is 0 Å². The van der Waals surface area contributed by atoms with Crippen molar-refractivity contribution in [1.82, 2.24) is 9.97 Å². The number of ether oxygens (including phenoxy) is 1. The van der Waals surface area contributed by atoms with Crippen molar-refractivity contribution in [1.29, 1.82) is 0 Å². The molecule has 3 aromatic rings. The van der Waals surface area contributed by atoms with Gasteiger partial charge < -0.3 is 14.8 Å². The molecule has 0 unspecified atom stereocenters. The first kappa shape index (κ1) is 17.8. The van der Waals surface area contributed by atoms with Crippen LogP contribution in [0.15, 0.2) is 39.6 Å². The van der Waals surface area contributed by atoms with Crippen LogP contribution in [0.3, 0.4) is 0 Å². The number of phenolic OH excluding ortho intramolecular Hbond substituents is 1. The number of nitrogens with one attached hydrogen (secondary N) is 1. The maximum absolute atomic E-state index is 12.2. The van der Waals surface area contributed by atoms with Gasteiger partial charge in [0.25, 0.3) is 5.56 Å². The smallest absolute Gasteiger partial charge is 0.259 e. The second kappa shape index (κ2) is 7.07. The molecule has 128 valence electrons. The lowest BCUT2D eigenvalue weighted by molar-refractivity contribution is 0.372. The van der Waals surface area contributed by atoms with Crippen molar-refractivity contribution in [3.63, 3.8) is 0 Å². The van der Waals surface area contributed by atoms with Gasteiger partial charge in [-0.1, -0.05) is 23.2 Å². The number of benzene rings is 2. The van der Waals surface area contributed by atoms with E-state index in [4.69, 9.17) is 27.9 Å². The highest BCUT2D eigenvalue weighted by Crippen LogP contribution is 2.36. The molecule has 0 aliphatic rings. The molecule has 0 atom stereocenters. The molecule has 25 heavy (non-hydrogen) atoms. The third kappa shape index (κ3) is 3.66. The average Bonchev–Trinajstić information content (AvgIpc) is 2.57. The van der Waals surface area contributed by atoms with E-state index in [1.165, 1.54) is 7.11 Å². The van der Waals surface area contributed by atoms with E-state index in [1.54, 1.807) is 36.4 Å². The van der Waals surface area contributed by atoms with Crippen molar-refractivity contribution in [3.05, 3.63) is 61.6 Å². The van der Waals surface area contributed by atoms with Crippen molar-refractivity contribution in [2.75, 3.05) is 7.11 Å². The molecule has 0 saturated heterocycles. The first-order valence-corrected chi connectivity index (χ1v) is 8.57. The fourth-order valence-electron chi connectivity index (χ4n) is 2.27. The Hall–Kier alpha value is -2.02. The van der Waals surface area contributed by atoms with Crippen LogP contribution in [0.2, 0.25) is 5.02 Å². The van der Waals surface area contributed by atoms with Crippen LogP contribution in [-0.4, -0.2) is 22.2 Å². The number of aromatic nitrogens is 2. The van der Waals surface area contributed by atoms with Crippen molar-refractivity contribution in [3.8, 4) is 11.5 Å². The Morgan fingerprint density at radius 2 is 2.12 bits per heavy atom. The largest absolute Gasteiger partial charge is 0.503 e. The van der Waals surface area contributed by atoms with Gasteiger partial charge in [-0.15, -0.1) is 0 Å². The number of hydrogen-bond donors (Lipinski definition) is 2. The average molecular weight is 442 g/mol. The summed E-state index contributed by atoms with van der Waals surface area (Å²) in [5, 5.41) is 11.0. The summed E-state index contributed by atoms with van der Waals surface area (Å²) < 4.78 is 5.56. The lowest BCUT2D eigenvalue weighted by Crippen LogP contribution is -2.10. The Kier molecular flexibility index (Phi) is 5.03. The summed E-state index contributed by atoms with van der Waals surface area (Å²) in [5.74, 6) is 0.490. The van der Waals surface area contributed by atoms with Crippen LogP contribution in [0.1, 0.15) is 11.4 Å². The molecule has 0 aliphatic heterocycles. The van der Waals surface area contributed by atoms with E-state index in [0.717, 1.165) is 0 Å². The van der Waals surface area contributed by atoms with E-state index in [1.807, 2.05) is 0 Å². The van der Waals surface area contributed by atoms with Gasteiger partial charge in [0.05, 0.1) is 27.5 Å². The van der Waals surface area contributed by atoms with Gasteiger partial charge in [0.15, 0.2) is 17.3 Å². The highest BCUT2D eigenvalue weighted by atomic mass is 79.9. The normalized spacial score (nSPS) is 11.8. The third-order valence-electron chi connectivity index (χ3n) is 3.46. The van der Waals surface area contributed by atoms with Gasteiger partial charge in [-0.2, -0.15) is 0 Å². The summed E-state index contributed by atoms with van der Waals surface area (Å²) in [7, 11) is 1.45. The molecule has 0 aliphatic carbocycles. The minimum atomic E-state index is -0.312. The summed E-state index contributed by atoms with van der Waals surface area (Å²) in [4.78, 5) is 19.2. The molecule has 0 bridgehead atoms. The van der Waals surface area contributed by atoms with Crippen molar-refractivity contribution >= 4 is 61.1 Å². The number of nitrogens with zero attached hydrogens (tertiary/aromatic N) is 1. The van der Waals surface area contributed by atoms with Crippen LogP contribution in [0.25, 0.3) is 22.0 Å². The molecule has 1 heterocycles. The van der Waals surface area contributed by atoms with Crippen molar-refractivity contribution in [2.45, 2.75) is 0 Å². The second-order valence-electron chi connectivity index (χ2n) is 5.12. The number of rotatable bonds is 3. The third-order valence-corrected chi connectivity index (χ3v) is 4.59. The molecular weight excluding hydrogens is 431 g/mol. The van der Waals surface area contributed by atoms with Crippen LogP contribution in [-0.2, 0) is 0 Å². The Labute approximate surface area is 161 Å². The summed E-state index contributed by atoms with van der Waals surface area (Å²) in [5.41, 5.74) is 0.787. The number of fused-ring (bicyclic) bond motifs is 1. The van der Waals surface area contributed by atoms with E-state index >= 15 is 0 Å². The summed E-state index contributed by atoms with van der Waals surface area (Å²) in [6, 6.07) is 8.10. The minimum absolute atomic E-state index is 0.0114. The van der Waals surface area contributed by atoms with Gasteiger partial charge in [0.1, 0.15) is 0 Å². The standard InChI is InChI=1S/C17H11BrCl2N2O3/c1-25-14-6-8(4-11(18)15(14)23)5-12(20)16-21-13-7-9(19)2-3-10(13)17(24)22-16/h2-7,23H,1H3,(H,21,22,24)/b12-5-. The number of methoxy groups -OCH3 is 1. The summed E-state index contributed by atoms with van der Waals surface area (Å²) in [6.07, 6.45) is 1.60. The zero-order valence-electron chi connectivity index (χ0n) is 12.8. The van der Waals surface area contributed by atoms with Gasteiger partial charge in [0, 0.05) is 5.02 Å². The zero-order chi connectivity index (χ0) is 18.1. The molecule has 2 N–H and O–H groups in total. The van der Waals surface area contributed by atoms with Crippen LogP contribution in [0.5, 0.6) is 11.5 Å². The maximum Gasteiger partial charge on any atom is 0.259 e. The first-order chi connectivity index (χ1) is 11.9. The number of H-pyrrole nitrogens is 1. The van der Waals surface area contributed by atoms with Crippen LogP contribution in [0, 0.1) is 0 Å². The zero-order valence-corrected chi connectivity index (χ0v) is 15.9. The number of phenols is 1. The SMILES string of the molecule is COc1cc(/C=C(\Cl)c2nc3cc(Cl)ccc3c(=O)[nH]2)cc(Br)c1O. The Morgan fingerprint density at radius 1 is 1.36 bits per heavy atom. The summed E-state index contributed by atoms with van der Waals surface area (Å²) in [6.45, 7) is 0. The molecule has 3 rings (SSSR count). The lowest BCUT2D eigenvalue weighted by Gasteiger charge is -2.07. The predicted octanol–water partition coefficient (Wildman–Crippen LogP) is 4.79. The predicted molar refractivity (Wildman–Crippen MR) is 103 cm³/mol. The maximum atomic E-state index is 12.2. The van der Waals surface area contributed by atoms with Gasteiger partial charge in [-0.05, 0) is 57.9 Å². The fourth-order valence-corrected chi connectivity index (χ4v) is 3.11. The number of hydrogen-bond acceptors (Lipinski definition) is 4. The highest BCUT2D eigenvalue weighted by Gasteiger charge is 2.10. The summed E-state index contributed by atoms with van der Waals surface area (Å²) >= 11 is 15.5. The molecule has 0 radical (unpaired) electrons. The van der Waals surface area contributed by atoms with E-state index in [2.05, 4.69) is 25.9 Å². The second-order valence-corrected chi connectivity index (χ2v) is 6.82. The fraction of sp³-hybridized carbons (Fsp3) is 0.0588. The van der Waals surface area contributed by atoms with E-state index in [9.17, 15) is 9.90 Å². The quantitative estimate of drug-likeness (QED) is 0.612. The van der Waals surface area contributed by atoms with Gasteiger partial charge in [-0.25, -0.2) is 4.98 Å². The van der Waals surface area contributed by atoms with E-state index in [0.29, 0.717) is 26.0 Å². The molecule has 0 saturated carbocycles. The first-order valence-electron chi connectivity index (χ1n) is 7.02. The van der Waals surface area contributed by atoms with E-state index < -0.39 is 0 Å². The van der Waals surface area contributed by atoms with Crippen molar-refractivity contribution < 1.29 is 9.84 Å². The lowest BCUT2D eigenvalue weighted by atomic mass is 10.2. The van der Waals surface area contributed by atoms with Gasteiger partial charge >= 0.3 is 0 Å². The van der Waals surface area contributed by atoms with E-state index in [-0.39, 0.29) is 27.9 Å². The number of aromatic hydroxyl groups is 1. The molecule has 0 amide bonds. The highest BCUT2D eigenvalue weighted by molar-refractivity contribution is 9.10.